The van der Waals surface area contributed by atoms with Crippen LogP contribution in [0.2, 0.25) is 0 Å². The number of hydrogen-bond donors (Lipinski definition) is 0. The van der Waals surface area contributed by atoms with Crippen molar-refractivity contribution in [2.24, 2.45) is 0 Å². The van der Waals surface area contributed by atoms with Gasteiger partial charge in [0, 0.05) is 50.0 Å². The van der Waals surface area contributed by atoms with E-state index >= 15 is 4.39 Å². The molecule has 1 fully saturated rings. The number of halogens is 1. The molecule has 2 aliphatic rings. The number of benzene rings is 3. The van der Waals surface area contributed by atoms with Crippen molar-refractivity contribution < 1.29 is 23.5 Å². The van der Waals surface area contributed by atoms with Gasteiger partial charge in [0.1, 0.15) is 5.82 Å². The molecule has 0 aromatic heterocycles. The Bertz CT molecular complexity index is 1310. The van der Waals surface area contributed by atoms with Crippen molar-refractivity contribution in [1.82, 2.24) is 9.80 Å². The van der Waals surface area contributed by atoms with Crippen LogP contribution in [0.25, 0.3) is 0 Å². The smallest absolute Gasteiger partial charge is 0.254 e. The molecule has 7 nitrogen and oxygen atoms in total. The van der Waals surface area contributed by atoms with Gasteiger partial charge in [-0.25, -0.2) is 4.39 Å². The lowest BCUT2D eigenvalue weighted by molar-refractivity contribution is -0.134. The predicted molar refractivity (Wildman–Crippen MR) is 139 cm³/mol. The molecule has 2 amide bonds. The number of carbonyl (C=O) groups is 2. The highest BCUT2D eigenvalue weighted by molar-refractivity contribution is 6.02. The fourth-order valence-electron chi connectivity index (χ4n) is 5.44. The molecule has 0 saturated carbocycles. The minimum atomic E-state index is -0.808. The number of carbonyl (C=O) groups excluding carboxylic acids is 2. The van der Waals surface area contributed by atoms with Crippen molar-refractivity contribution in [3.05, 3.63) is 89.2 Å². The van der Waals surface area contributed by atoms with E-state index in [4.69, 9.17) is 9.47 Å². The summed E-state index contributed by atoms with van der Waals surface area (Å²) in [4.78, 5) is 33.3. The monoisotopic (exact) mass is 503 g/mol. The molecular weight excluding hydrogens is 473 g/mol. The summed E-state index contributed by atoms with van der Waals surface area (Å²) < 4.78 is 26.1. The lowest BCUT2D eigenvalue weighted by Crippen LogP contribution is -2.53. The molecule has 2 unspecified atom stereocenters. The van der Waals surface area contributed by atoms with E-state index in [2.05, 4.69) is 17.0 Å². The van der Waals surface area contributed by atoms with E-state index < -0.39 is 17.8 Å². The number of hydrogen-bond acceptors (Lipinski definition) is 5. The molecule has 0 radical (unpaired) electrons. The first-order chi connectivity index (χ1) is 17.9. The first kappa shape index (κ1) is 24.6. The van der Waals surface area contributed by atoms with E-state index in [0.29, 0.717) is 54.4 Å². The Morgan fingerprint density at radius 2 is 1.49 bits per heavy atom. The number of nitrogens with zero attached hydrogens (tertiary/aromatic N) is 3. The highest BCUT2D eigenvalue weighted by atomic mass is 19.1. The molecule has 192 valence electrons. The Morgan fingerprint density at radius 1 is 0.865 bits per heavy atom. The average molecular weight is 504 g/mol. The van der Waals surface area contributed by atoms with Crippen molar-refractivity contribution >= 4 is 17.5 Å². The van der Waals surface area contributed by atoms with Crippen LogP contribution in [0.4, 0.5) is 10.1 Å². The number of fused-ring (bicyclic) bond motifs is 1. The van der Waals surface area contributed by atoms with Gasteiger partial charge in [-0.15, -0.1) is 0 Å². The lowest BCUT2D eigenvalue weighted by atomic mass is 9.78. The predicted octanol–water partition coefficient (Wildman–Crippen LogP) is 4.10. The molecule has 0 bridgehead atoms. The van der Waals surface area contributed by atoms with Gasteiger partial charge >= 0.3 is 0 Å². The lowest BCUT2D eigenvalue weighted by Gasteiger charge is -2.43. The van der Waals surface area contributed by atoms with Crippen LogP contribution in [0.3, 0.4) is 0 Å². The molecule has 5 rings (SSSR count). The summed E-state index contributed by atoms with van der Waals surface area (Å²) in [6, 6.07) is 18.9. The third-order valence-electron chi connectivity index (χ3n) is 7.38. The topological polar surface area (TPSA) is 62.3 Å². The number of piperazine rings is 1. The van der Waals surface area contributed by atoms with E-state index in [0.717, 1.165) is 5.69 Å². The summed E-state index contributed by atoms with van der Waals surface area (Å²) in [6.45, 7) is 2.41. The van der Waals surface area contributed by atoms with Crippen molar-refractivity contribution in [1.29, 1.82) is 0 Å². The van der Waals surface area contributed by atoms with Gasteiger partial charge in [-0.1, -0.05) is 36.4 Å². The van der Waals surface area contributed by atoms with Gasteiger partial charge in [-0.3, -0.25) is 9.59 Å². The molecule has 0 N–H and O–H groups in total. The minimum absolute atomic E-state index is 0.145. The van der Waals surface area contributed by atoms with E-state index in [9.17, 15) is 9.59 Å². The quantitative estimate of drug-likeness (QED) is 0.525. The van der Waals surface area contributed by atoms with Gasteiger partial charge in [-0.05, 0) is 35.9 Å². The number of amides is 2. The molecule has 2 heterocycles. The van der Waals surface area contributed by atoms with Crippen LogP contribution in [-0.4, -0.2) is 69.1 Å². The molecule has 2 atom stereocenters. The first-order valence-electron chi connectivity index (χ1n) is 12.3. The maximum Gasteiger partial charge on any atom is 0.254 e. The maximum atomic E-state index is 15.1. The fraction of sp³-hybridized carbons (Fsp3) is 0.310. The van der Waals surface area contributed by atoms with Crippen LogP contribution in [0.5, 0.6) is 11.5 Å². The van der Waals surface area contributed by atoms with Crippen molar-refractivity contribution in [3.63, 3.8) is 0 Å². The number of rotatable bonds is 5. The number of anilines is 1. The number of ether oxygens (including phenoxy) is 2. The molecule has 3 aromatic carbocycles. The van der Waals surface area contributed by atoms with Crippen molar-refractivity contribution in [2.45, 2.75) is 12.0 Å². The highest BCUT2D eigenvalue weighted by Crippen LogP contribution is 2.46. The number of para-hydroxylation sites is 1. The normalized spacial score (nSPS) is 19.5. The zero-order valence-corrected chi connectivity index (χ0v) is 21.2. The Kier molecular flexibility index (Phi) is 6.74. The molecule has 37 heavy (non-hydrogen) atoms. The average Bonchev–Trinajstić information content (AvgIpc) is 2.95. The maximum absolute atomic E-state index is 15.1. The number of methoxy groups -OCH3 is 2. The van der Waals surface area contributed by atoms with Crippen LogP contribution in [0, 0.1) is 5.82 Å². The fourth-order valence-corrected chi connectivity index (χ4v) is 5.44. The third kappa shape index (κ3) is 4.37. The summed E-state index contributed by atoms with van der Waals surface area (Å²) in [5.74, 6) is -0.899. The van der Waals surface area contributed by atoms with E-state index in [-0.39, 0.29) is 11.8 Å². The Hall–Kier alpha value is -4.07. The summed E-state index contributed by atoms with van der Waals surface area (Å²) in [6.07, 6.45) is 0. The molecule has 0 aliphatic carbocycles. The molecule has 1 saturated heterocycles. The molecule has 8 heteroatoms. The SMILES string of the molecule is COc1cc2c(cc1OC)C(C(=O)N1CCN(c3ccccc3)CC1)C(c1ccccc1F)N(C)C2=O. The second kappa shape index (κ2) is 10.1. The Morgan fingerprint density at radius 3 is 2.14 bits per heavy atom. The van der Waals surface area contributed by atoms with Gasteiger partial charge in [0.2, 0.25) is 5.91 Å². The first-order valence-corrected chi connectivity index (χ1v) is 12.3. The second-order valence-electron chi connectivity index (χ2n) is 9.30. The molecule has 2 aliphatic heterocycles. The zero-order chi connectivity index (χ0) is 26.1. The van der Waals surface area contributed by atoms with Crippen molar-refractivity contribution in [3.8, 4) is 11.5 Å². The molecular formula is C29H30FN3O4. The largest absolute Gasteiger partial charge is 0.493 e. The summed E-state index contributed by atoms with van der Waals surface area (Å²) in [5, 5.41) is 0. The highest BCUT2D eigenvalue weighted by Gasteiger charge is 2.46. The molecule has 3 aromatic rings. The summed E-state index contributed by atoms with van der Waals surface area (Å²) >= 11 is 0. The van der Waals surface area contributed by atoms with Crippen LogP contribution in [-0.2, 0) is 4.79 Å². The third-order valence-corrected chi connectivity index (χ3v) is 7.38. The zero-order valence-electron chi connectivity index (χ0n) is 21.2. The summed E-state index contributed by atoms with van der Waals surface area (Å²) in [7, 11) is 4.62. The van der Waals surface area contributed by atoms with E-state index in [1.807, 2.05) is 23.1 Å². The van der Waals surface area contributed by atoms with Crippen LogP contribution in [0.1, 0.15) is 33.4 Å². The summed E-state index contributed by atoms with van der Waals surface area (Å²) in [5.41, 5.74) is 2.29. The van der Waals surface area contributed by atoms with Crippen LogP contribution in [0.15, 0.2) is 66.7 Å². The van der Waals surface area contributed by atoms with Gasteiger partial charge in [0.15, 0.2) is 11.5 Å². The number of likely N-dealkylation sites (N-methyl/N-ethyl adjacent to an activating group) is 1. The van der Waals surface area contributed by atoms with Gasteiger partial charge in [-0.2, -0.15) is 0 Å². The van der Waals surface area contributed by atoms with E-state index in [1.165, 1.54) is 25.2 Å². The second-order valence-corrected chi connectivity index (χ2v) is 9.30. The Balaban J connectivity index is 1.55. The Labute approximate surface area is 216 Å². The van der Waals surface area contributed by atoms with Crippen LogP contribution >= 0.6 is 0 Å². The minimum Gasteiger partial charge on any atom is -0.493 e. The molecule has 0 spiro atoms. The van der Waals surface area contributed by atoms with Gasteiger partial charge < -0.3 is 24.2 Å². The van der Waals surface area contributed by atoms with Gasteiger partial charge in [0.25, 0.3) is 5.91 Å². The van der Waals surface area contributed by atoms with Crippen LogP contribution < -0.4 is 14.4 Å². The van der Waals surface area contributed by atoms with Gasteiger partial charge in [0.05, 0.1) is 26.2 Å². The van der Waals surface area contributed by atoms with E-state index in [1.54, 1.807) is 37.4 Å². The standard InChI is InChI=1S/C29H30FN3O4/c1-31-27(20-11-7-8-12-23(20)30)26(21-17-24(36-2)25(37-3)18-22(21)28(31)34)29(35)33-15-13-32(14-16-33)19-9-5-4-6-10-19/h4-12,17-18,26-27H,13-16H2,1-3H3. The van der Waals surface area contributed by atoms with Crippen molar-refractivity contribution in [2.75, 3.05) is 52.3 Å².